The van der Waals surface area contributed by atoms with Crippen LogP contribution in [0.1, 0.15) is 20.3 Å². The summed E-state index contributed by atoms with van der Waals surface area (Å²) in [6.07, 6.45) is 2.68. The fraction of sp³-hybridized carbons (Fsp3) is 0.400. The number of aliphatic hydroxyl groups is 1. The Balaban J connectivity index is 2.29. The predicted molar refractivity (Wildman–Crippen MR) is 80.7 cm³/mol. The molecule has 0 saturated heterocycles. The van der Waals surface area contributed by atoms with Crippen LogP contribution in [0.25, 0.3) is 10.9 Å². The molecule has 1 heterocycles. The first-order valence-electron chi connectivity index (χ1n) is 6.52. The number of nitrogens with one attached hydrogen (secondary N) is 1. The summed E-state index contributed by atoms with van der Waals surface area (Å²) in [5.74, 6) is 0.534. The third-order valence-corrected chi connectivity index (χ3v) is 3.28. The Hall–Kier alpha value is -1.32. The summed E-state index contributed by atoms with van der Waals surface area (Å²) in [6, 6.07) is 7.64. The van der Waals surface area contributed by atoms with Crippen LogP contribution in [-0.4, -0.2) is 22.7 Å². The Morgan fingerprint density at radius 3 is 2.79 bits per heavy atom. The van der Waals surface area contributed by atoms with E-state index in [4.69, 9.17) is 11.6 Å². The molecule has 4 heteroatoms. The second-order valence-electron chi connectivity index (χ2n) is 5.17. The first-order chi connectivity index (χ1) is 9.10. The molecule has 0 saturated carbocycles. The smallest absolute Gasteiger partial charge is 0.0737 e. The molecule has 2 aromatic rings. The van der Waals surface area contributed by atoms with E-state index in [1.807, 2.05) is 24.3 Å². The van der Waals surface area contributed by atoms with E-state index < -0.39 is 0 Å². The minimum Gasteiger partial charge on any atom is -0.394 e. The molecule has 0 aliphatic heterocycles. The largest absolute Gasteiger partial charge is 0.394 e. The minimum atomic E-state index is 0.0567. The van der Waals surface area contributed by atoms with Gasteiger partial charge in [0.05, 0.1) is 12.1 Å². The van der Waals surface area contributed by atoms with Crippen molar-refractivity contribution >= 4 is 28.2 Å². The van der Waals surface area contributed by atoms with E-state index in [0.29, 0.717) is 10.9 Å². The lowest BCUT2D eigenvalue weighted by Gasteiger charge is -2.20. The van der Waals surface area contributed by atoms with Crippen LogP contribution >= 0.6 is 11.6 Å². The summed E-state index contributed by atoms with van der Waals surface area (Å²) in [4.78, 5) is 4.31. The maximum absolute atomic E-state index is 9.45. The van der Waals surface area contributed by atoms with Crippen molar-refractivity contribution < 1.29 is 5.11 Å². The lowest BCUT2D eigenvalue weighted by atomic mass is 10.0. The molecule has 1 unspecified atom stereocenters. The van der Waals surface area contributed by atoms with Gasteiger partial charge in [0.2, 0.25) is 0 Å². The fourth-order valence-electron chi connectivity index (χ4n) is 2.22. The topological polar surface area (TPSA) is 45.1 Å². The molecule has 0 fully saturated rings. The highest BCUT2D eigenvalue weighted by atomic mass is 35.5. The number of nitrogens with zero attached hydrogens (tertiary/aromatic N) is 1. The van der Waals surface area contributed by atoms with Gasteiger partial charge in [0.25, 0.3) is 0 Å². The Morgan fingerprint density at radius 2 is 2.11 bits per heavy atom. The molecule has 0 amide bonds. The number of hydrogen-bond donors (Lipinski definition) is 2. The third-order valence-electron chi connectivity index (χ3n) is 3.04. The van der Waals surface area contributed by atoms with Crippen molar-refractivity contribution in [1.82, 2.24) is 4.98 Å². The predicted octanol–water partition coefficient (Wildman–Crippen LogP) is 3.71. The van der Waals surface area contributed by atoms with Gasteiger partial charge in [-0.1, -0.05) is 25.4 Å². The third kappa shape index (κ3) is 3.58. The van der Waals surface area contributed by atoms with Crippen molar-refractivity contribution in [3.8, 4) is 0 Å². The molecular weight excluding hydrogens is 260 g/mol. The molecule has 0 bridgehead atoms. The molecule has 102 valence electrons. The molecule has 1 aromatic carbocycles. The number of halogens is 1. The quantitative estimate of drug-likeness (QED) is 0.876. The highest BCUT2D eigenvalue weighted by molar-refractivity contribution is 6.31. The minimum absolute atomic E-state index is 0.0567. The highest BCUT2D eigenvalue weighted by Crippen LogP contribution is 2.25. The summed E-state index contributed by atoms with van der Waals surface area (Å²) in [6.45, 7) is 4.42. The van der Waals surface area contributed by atoms with Crippen molar-refractivity contribution in [2.24, 2.45) is 5.92 Å². The number of benzene rings is 1. The Bertz CT molecular complexity index is 557. The van der Waals surface area contributed by atoms with Crippen molar-refractivity contribution in [2.45, 2.75) is 26.3 Å². The standard InChI is InChI=1S/C15H19ClN2O/c1-10(2)7-12(9-19)18-14-5-6-17-15-8-11(16)3-4-13(14)15/h3-6,8,10,12,19H,7,9H2,1-2H3,(H,17,18). The number of pyridine rings is 1. The van der Waals surface area contributed by atoms with E-state index in [9.17, 15) is 5.11 Å². The second kappa shape index (κ2) is 6.22. The van der Waals surface area contributed by atoms with E-state index in [2.05, 4.69) is 24.1 Å². The van der Waals surface area contributed by atoms with Crippen molar-refractivity contribution in [1.29, 1.82) is 0 Å². The van der Waals surface area contributed by atoms with E-state index >= 15 is 0 Å². The van der Waals surface area contributed by atoms with E-state index in [1.54, 1.807) is 6.20 Å². The zero-order valence-electron chi connectivity index (χ0n) is 11.2. The number of hydrogen-bond acceptors (Lipinski definition) is 3. The van der Waals surface area contributed by atoms with Crippen molar-refractivity contribution in [2.75, 3.05) is 11.9 Å². The molecule has 2 rings (SSSR count). The Kier molecular flexibility index (Phi) is 4.61. The maximum Gasteiger partial charge on any atom is 0.0737 e. The number of fused-ring (bicyclic) bond motifs is 1. The number of rotatable bonds is 5. The van der Waals surface area contributed by atoms with E-state index in [1.165, 1.54) is 0 Å². The van der Waals surface area contributed by atoms with Crippen LogP contribution in [0.15, 0.2) is 30.5 Å². The van der Waals surface area contributed by atoms with Gasteiger partial charge in [0.1, 0.15) is 0 Å². The van der Waals surface area contributed by atoms with Gasteiger partial charge < -0.3 is 10.4 Å². The normalized spacial score (nSPS) is 12.9. The van der Waals surface area contributed by atoms with Crippen LogP contribution in [0.3, 0.4) is 0 Å². The lowest BCUT2D eigenvalue weighted by molar-refractivity contribution is 0.259. The molecule has 0 radical (unpaired) electrons. The van der Waals surface area contributed by atoms with Gasteiger partial charge in [-0.3, -0.25) is 4.98 Å². The van der Waals surface area contributed by atoms with Gasteiger partial charge in [0, 0.05) is 28.3 Å². The van der Waals surface area contributed by atoms with Crippen LogP contribution < -0.4 is 5.32 Å². The molecule has 0 spiro atoms. The maximum atomic E-state index is 9.45. The SMILES string of the molecule is CC(C)CC(CO)Nc1ccnc2cc(Cl)ccc12. The fourth-order valence-corrected chi connectivity index (χ4v) is 2.38. The van der Waals surface area contributed by atoms with Crippen molar-refractivity contribution in [3.63, 3.8) is 0 Å². The average molecular weight is 279 g/mol. The zero-order valence-corrected chi connectivity index (χ0v) is 12.0. The van der Waals surface area contributed by atoms with Crippen LogP contribution in [0, 0.1) is 5.92 Å². The van der Waals surface area contributed by atoms with Crippen molar-refractivity contribution in [3.05, 3.63) is 35.5 Å². The Labute approximate surface area is 118 Å². The van der Waals surface area contributed by atoms with Crippen LogP contribution in [0.5, 0.6) is 0 Å². The van der Waals surface area contributed by atoms with Gasteiger partial charge in [-0.25, -0.2) is 0 Å². The van der Waals surface area contributed by atoms with E-state index in [0.717, 1.165) is 23.0 Å². The molecule has 1 atom stereocenters. The summed E-state index contributed by atoms with van der Waals surface area (Å²) in [5, 5.41) is 14.5. The van der Waals surface area contributed by atoms with Gasteiger partial charge in [-0.2, -0.15) is 0 Å². The first-order valence-corrected chi connectivity index (χ1v) is 6.89. The molecule has 0 aliphatic rings. The number of anilines is 1. The van der Waals surface area contributed by atoms with Gasteiger partial charge in [-0.15, -0.1) is 0 Å². The lowest BCUT2D eigenvalue weighted by Crippen LogP contribution is -2.25. The highest BCUT2D eigenvalue weighted by Gasteiger charge is 2.11. The van der Waals surface area contributed by atoms with Crippen LogP contribution in [0.4, 0.5) is 5.69 Å². The molecule has 1 aromatic heterocycles. The molecule has 3 nitrogen and oxygen atoms in total. The van der Waals surface area contributed by atoms with Gasteiger partial charge in [0.15, 0.2) is 0 Å². The van der Waals surface area contributed by atoms with Crippen LogP contribution in [-0.2, 0) is 0 Å². The summed E-state index contributed by atoms with van der Waals surface area (Å²) < 4.78 is 0. The molecule has 0 aliphatic carbocycles. The van der Waals surface area contributed by atoms with E-state index in [-0.39, 0.29) is 12.6 Å². The second-order valence-corrected chi connectivity index (χ2v) is 5.61. The first kappa shape index (κ1) is 14.1. The average Bonchev–Trinajstić information content (AvgIpc) is 2.37. The molecular formula is C15H19ClN2O. The zero-order chi connectivity index (χ0) is 13.8. The van der Waals surface area contributed by atoms with Crippen LogP contribution in [0.2, 0.25) is 5.02 Å². The monoisotopic (exact) mass is 278 g/mol. The summed E-state index contributed by atoms with van der Waals surface area (Å²) in [5.41, 5.74) is 1.85. The molecule has 19 heavy (non-hydrogen) atoms. The molecule has 2 N–H and O–H groups in total. The number of aliphatic hydroxyl groups excluding tert-OH is 1. The Morgan fingerprint density at radius 1 is 1.32 bits per heavy atom. The number of aromatic nitrogens is 1. The van der Waals surface area contributed by atoms with Gasteiger partial charge in [-0.05, 0) is 36.6 Å². The van der Waals surface area contributed by atoms with Gasteiger partial charge >= 0.3 is 0 Å². The summed E-state index contributed by atoms with van der Waals surface area (Å²) in [7, 11) is 0. The summed E-state index contributed by atoms with van der Waals surface area (Å²) >= 11 is 5.97.